The molecule has 1 saturated carbocycles. The number of hydrogen-bond donors (Lipinski definition) is 2. The van der Waals surface area contributed by atoms with Gasteiger partial charge >= 0.3 is 12.0 Å². The Bertz CT molecular complexity index is 853. The summed E-state index contributed by atoms with van der Waals surface area (Å²) in [4.78, 5) is 50.2. The third kappa shape index (κ3) is 4.26. The van der Waals surface area contributed by atoms with Crippen LogP contribution in [0.3, 0.4) is 0 Å². The van der Waals surface area contributed by atoms with Gasteiger partial charge in [-0.3, -0.25) is 19.3 Å². The number of carbonyl (C=O) groups is 4. The lowest BCUT2D eigenvalue weighted by Gasteiger charge is -2.36. The summed E-state index contributed by atoms with van der Waals surface area (Å²) in [5, 5.41) is 5.46. The van der Waals surface area contributed by atoms with Gasteiger partial charge in [-0.15, -0.1) is 0 Å². The Kier molecular flexibility index (Phi) is 5.91. The smallest absolute Gasteiger partial charge is 0.326 e. The third-order valence-electron chi connectivity index (χ3n) is 5.81. The number of aryl methyl sites for hydroxylation is 2. The molecule has 8 nitrogen and oxygen atoms in total. The number of imide groups is 1. The Morgan fingerprint density at radius 2 is 2.03 bits per heavy atom. The van der Waals surface area contributed by atoms with Crippen LogP contribution in [-0.4, -0.2) is 47.4 Å². The van der Waals surface area contributed by atoms with Gasteiger partial charge in [0.25, 0.3) is 11.8 Å². The van der Waals surface area contributed by atoms with Crippen LogP contribution in [0, 0.1) is 19.8 Å². The fourth-order valence-electron chi connectivity index (χ4n) is 4.10. The first-order valence-electron chi connectivity index (χ1n) is 9.90. The highest BCUT2D eigenvalue weighted by Gasteiger charge is 2.55. The molecule has 2 N–H and O–H groups in total. The lowest BCUT2D eigenvalue weighted by molar-refractivity contribution is -0.150. The van der Waals surface area contributed by atoms with Crippen LogP contribution >= 0.6 is 0 Å². The van der Waals surface area contributed by atoms with E-state index in [0.29, 0.717) is 12.1 Å². The molecule has 3 rings (SSSR count). The highest BCUT2D eigenvalue weighted by atomic mass is 16.5. The van der Waals surface area contributed by atoms with E-state index in [-0.39, 0.29) is 11.8 Å². The molecule has 1 heterocycles. The third-order valence-corrected chi connectivity index (χ3v) is 5.81. The minimum absolute atomic E-state index is 0.0113. The standard InChI is InChI=1S/C21H27N3O5/c1-13-7-8-16(14(2)10-13)22-17(25)12-29-18(26)11-24-19(27)21(23-20(24)28)9-5-4-6-15(21)3/h7-8,10,15H,4-6,9,11-12H2,1-3H3,(H,22,25)(H,23,28)/t15-,21-/m1/s1. The van der Waals surface area contributed by atoms with Gasteiger partial charge in [0.2, 0.25) is 0 Å². The summed E-state index contributed by atoms with van der Waals surface area (Å²) in [6.45, 7) is 4.77. The molecule has 2 fully saturated rings. The maximum Gasteiger partial charge on any atom is 0.326 e. The number of rotatable bonds is 5. The van der Waals surface area contributed by atoms with Crippen molar-refractivity contribution in [2.75, 3.05) is 18.5 Å². The number of urea groups is 1. The molecule has 0 bridgehead atoms. The minimum Gasteiger partial charge on any atom is -0.454 e. The van der Waals surface area contributed by atoms with E-state index in [0.717, 1.165) is 35.3 Å². The van der Waals surface area contributed by atoms with E-state index in [1.807, 2.05) is 32.9 Å². The maximum absolute atomic E-state index is 12.8. The van der Waals surface area contributed by atoms with Gasteiger partial charge in [-0.05, 0) is 44.2 Å². The molecule has 8 heteroatoms. The molecule has 2 aliphatic rings. The van der Waals surface area contributed by atoms with Gasteiger partial charge in [0.1, 0.15) is 12.1 Å². The fraction of sp³-hybridized carbons (Fsp3) is 0.524. The quantitative estimate of drug-likeness (QED) is 0.582. The normalized spacial score (nSPS) is 23.8. The first-order chi connectivity index (χ1) is 13.7. The van der Waals surface area contributed by atoms with E-state index in [1.54, 1.807) is 6.07 Å². The molecule has 4 amide bonds. The van der Waals surface area contributed by atoms with E-state index in [1.165, 1.54) is 0 Å². The van der Waals surface area contributed by atoms with Gasteiger partial charge in [0.05, 0.1) is 0 Å². The van der Waals surface area contributed by atoms with Crippen molar-refractivity contribution >= 4 is 29.5 Å². The second-order valence-electron chi connectivity index (χ2n) is 7.97. The van der Waals surface area contributed by atoms with Crippen molar-refractivity contribution in [1.82, 2.24) is 10.2 Å². The second-order valence-corrected chi connectivity index (χ2v) is 7.97. The van der Waals surface area contributed by atoms with Crippen molar-refractivity contribution < 1.29 is 23.9 Å². The first kappa shape index (κ1) is 20.8. The van der Waals surface area contributed by atoms with Crippen molar-refractivity contribution in [3.63, 3.8) is 0 Å². The van der Waals surface area contributed by atoms with E-state index in [9.17, 15) is 19.2 Å². The van der Waals surface area contributed by atoms with E-state index in [2.05, 4.69) is 10.6 Å². The van der Waals surface area contributed by atoms with Gasteiger partial charge in [0.15, 0.2) is 6.61 Å². The average Bonchev–Trinajstić information content (AvgIpc) is 2.90. The van der Waals surface area contributed by atoms with Crippen LogP contribution in [-0.2, 0) is 19.1 Å². The number of carbonyl (C=O) groups excluding carboxylic acids is 4. The van der Waals surface area contributed by atoms with Crippen LogP contribution in [0.2, 0.25) is 0 Å². The number of nitrogens with one attached hydrogen (secondary N) is 2. The zero-order valence-electron chi connectivity index (χ0n) is 17.0. The summed E-state index contributed by atoms with van der Waals surface area (Å²) < 4.78 is 4.98. The Balaban J connectivity index is 1.53. The zero-order valence-corrected chi connectivity index (χ0v) is 17.0. The predicted octanol–water partition coefficient (Wildman–Crippen LogP) is 2.29. The summed E-state index contributed by atoms with van der Waals surface area (Å²) in [6, 6.07) is 5.00. The number of hydrogen-bond acceptors (Lipinski definition) is 5. The lowest BCUT2D eigenvalue weighted by Crippen LogP contribution is -2.54. The van der Waals surface area contributed by atoms with Crippen LogP contribution in [0.4, 0.5) is 10.5 Å². The van der Waals surface area contributed by atoms with Crippen LogP contribution in [0.25, 0.3) is 0 Å². The minimum atomic E-state index is -0.921. The van der Waals surface area contributed by atoms with Gasteiger partial charge < -0.3 is 15.4 Å². The number of nitrogens with zero attached hydrogens (tertiary/aromatic N) is 1. The topological polar surface area (TPSA) is 105 Å². The highest BCUT2D eigenvalue weighted by molar-refractivity contribution is 6.09. The number of anilines is 1. The Morgan fingerprint density at radius 1 is 1.28 bits per heavy atom. The Labute approximate surface area is 170 Å². The average molecular weight is 401 g/mol. The molecule has 1 aliphatic heterocycles. The first-order valence-corrected chi connectivity index (χ1v) is 9.90. The summed E-state index contributed by atoms with van der Waals surface area (Å²) in [5.41, 5.74) is 1.69. The van der Waals surface area contributed by atoms with Crippen molar-refractivity contribution in [3.05, 3.63) is 29.3 Å². The number of ether oxygens (including phenoxy) is 1. The number of amides is 4. The van der Waals surface area contributed by atoms with Crippen molar-refractivity contribution in [2.24, 2.45) is 5.92 Å². The van der Waals surface area contributed by atoms with Gasteiger partial charge in [0, 0.05) is 5.69 Å². The molecule has 1 aliphatic carbocycles. The molecule has 156 valence electrons. The van der Waals surface area contributed by atoms with Crippen LogP contribution in [0.15, 0.2) is 18.2 Å². The van der Waals surface area contributed by atoms with Crippen LogP contribution in [0.1, 0.15) is 43.7 Å². The van der Waals surface area contributed by atoms with Crippen molar-refractivity contribution in [1.29, 1.82) is 0 Å². The summed E-state index contributed by atoms with van der Waals surface area (Å²) >= 11 is 0. The fourth-order valence-corrected chi connectivity index (χ4v) is 4.10. The highest BCUT2D eigenvalue weighted by Crippen LogP contribution is 2.38. The number of benzene rings is 1. The molecule has 2 atom stereocenters. The molecule has 0 unspecified atom stereocenters. The van der Waals surface area contributed by atoms with E-state index < -0.39 is 36.6 Å². The number of esters is 1. The van der Waals surface area contributed by atoms with Crippen molar-refractivity contribution in [2.45, 2.75) is 52.0 Å². The van der Waals surface area contributed by atoms with E-state index in [4.69, 9.17) is 4.74 Å². The molecule has 29 heavy (non-hydrogen) atoms. The molecule has 1 saturated heterocycles. The molecular weight excluding hydrogens is 374 g/mol. The molecule has 1 aromatic carbocycles. The summed E-state index contributed by atoms with van der Waals surface area (Å²) in [5.74, 6) is -1.66. The molecular formula is C21H27N3O5. The molecule has 1 spiro atoms. The summed E-state index contributed by atoms with van der Waals surface area (Å²) in [7, 11) is 0. The SMILES string of the molecule is Cc1ccc(NC(=O)COC(=O)CN2C(=O)N[C@@]3(CCCC[C@H]3C)C2=O)c(C)c1. The molecule has 1 aromatic rings. The van der Waals surface area contributed by atoms with Gasteiger partial charge in [-0.2, -0.15) is 0 Å². The van der Waals surface area contributed by atoms with Crippen LogP contribution in [0.5, 0.6) is 0 Å². The predicted molar refractivity (Wildman–Crippen MR) is 106 cm³/mol. The monoisotopic (exact) mass is 401 g/mol. The van der Waals surface area contributed by atoms with Gasteiger partial charge in [-0.25, -0.2) is 4.79 Å². The largest absolute Gasteiger partial charge is 0.454 e. The molecule has 0 aromatic heterocycles. The molecule has 0 radical (unpaired) electrons. The second kappa shape index (κ2) is 8.23. The zero-order chi connectivity index (χ0) is 21.2. The van der Waals surface area contributed by atoms with Crippen LogP contribution < -0.4 is 10.6 Å². The Morgan fingerprint density at radius 3 is 2.72 bits per heavy atom. The summed E-state index contributed by atoms with van der Waals surface area (Å²) in [6.07, 6.45) is 3.29. The maximum atomic E-state index is 12.8. The Hall–Kier alpha value is -2.90. The van der Waals surface area contributed by atoms with Crippen molar-refractivity contribution in [3.8, 4) is 0 Å². The van der Waals surface area contributed by atoms with E-state index >= 15 is 0 Å². The lowest BCUT2D eigenvalue weighted by atomic mass is 9.73. The van der Waals surface area contributed by atoms with Gasteiger partial charge in [-0.1, -0.05) is 37.5 Å².